The van der Waals surface area contributed by atoms with Crippen molar-refractivity contribution in [1.29, 1.82) is 0 Å². The van der Waals surface area contributed by atoms with Gasteiger partial charge in [-0.15, -0.1) is 0 Å². The third-order valence-electron chi connectivity index (χ3n) is 5.10. The monoisotopic (exact) mass is 374 g/mol. The summed E-state index contributed by atoms with van der Waals surface area (Å²) in [6, 6.07) is 18.6. The van der Waals surface area contributed by atoms with Gasteiger partial charge in [0.25, 0.3) is 0 Å². The van der Waals surface area contributed by atoms with E-state index < -0.39 is 0 Å². The Kier molecular flexibility index (Phi) is 4.16. The highest BCUT2D eigenvalue weighted by molar-refractivity contribution is 5.91. The van der Waals surface area contributed by atoms with E-state index in [0.717, 1.165) is 42.9 Å². The van der Waals surface area contributed by atoms with Gasteiger partial charge in [0.1, 0.15) is 11.6 Å². The zero-order valence-corrected chi connectivity index (χ0v) is 15.3. The molecular formula is C22H19FN4O. The minimum Gasteiger partial charge on any atom is -0.461 e. The molecule has 0 N–H and O–H groups in total. The fourth-order valence-corrected chi connectivity index (χ4v) is 3.68. The second kappa shape index (κ2) is 6.96. The third kappa shape index (κ3) is 2.97. The highest BCUT2D eigenvalue weighted by Crippen LogP contribution is 2.29. The van der Waals surface area contributed by atoms with Crippen LogP contribution in [0, 0.1) is 5.82 Å². The largest absolute Gasteiger partial charge is 0.461 e. The number of hydrogen-bond acceptors (Lipinski definition) is 5. The van der Waals surface area contributed by atoms with Gasteiger partial charge in [-0.3, -0.25) is 0 Å². The van der Waals surface area contributed by atoms with Crippen LogP contribution in [0.1, 0.15) is 0 Å². The highest BCUT2D eigenvalue weighted by Gasteiger charge is 2.23. The summed E-state index contributed by atoms with van der Waals surface area (Å²) in [4.78, 5) is 13.8. The molecule has 0 bridgehead atoms. The van der Waals surface area contributed by atoms with Gasteiger partial charge in [0.2, 0.25) is 0 Å². The van der Waals surface area contributed by atoms with Gasteiger partial charge in [-0.25, -0.2) is 14.4 Å². The zero-order chi connectivity index (χ0) is 18.9. The Balaban J connectivity index is 1.47. The van der Waals surface area contributed by atoms with Crippen LogP contribution in [-0.2, 0) is 0 Å². The molecule has 0 radical (unpaired) electrons. The van der Waals surface area contributed by atoms with Crippen LogP contribution < -0.4 is 9.80 Å². The molecule has 0 amide bonds. The topological polar surface area (TPSA) is 45.4 Å². The molecule has 140 valence electrons. The second-order valence-electron chi connectivity index (χ2n) is 6.79. The number of anilines is 2. The van der Waals surface area contributed by atoms with Crippen molar-refractivity contribution in [2.45, 2.75) is 0 Å². The molecule has 1 aliphatic heterocycles. The van der Waals surface area contributed by atoms with E-state index in [1.165, 1.54) is 6.07 Å². The molecule has 0 spiro atoms. The number of halogens is 1. The smallest absolute Gasteiger partial charge is 0.198 e. The standard InChI is InChI=1S/C22H19FN4O/c23-17-7-2-4-9-19(17)26-11-13-27(14-12-26)22-16-6-1-3-8-18(16)24-21(25-22)20-10-5-15-28-20/h1-10,15H,11-14H2. The lowest BCUT2D eigenvalue weighted by Crippen LogP contribution is -2.47. The van der Waals surface area contributed by atoms with Gasteiger partial charge in [0.15, 0.2) is 11.6 Å². The summed E-state index contributed by atoms with van der Waals surface area (Å²) in [5.74, 6) is 1.95. The lowest BCUT2D eigenvalue weighted by Gasteiger charge is -2.37. The summed E-state index contributed by atoms with van der Waals surface area (Å²) in [5.41, 5.74) is 1.54. The number of furan rings is 1. The maximum absolute atomic E-state index is 14.1. The molecule has 0 saturated carbocycles. The number of rotatable bonds is 3. The Morgan fingerprint density at radius 2 is 1.54 bits per heavy atom. The van der Waals surface area contributed by atoms with Gasteiger partial charge in [-0.05, 0) is 36.4 Å². The summed E-state index contributed by atoms with van der Waals surface area (Å²) >= 11 is 0. The quantitative estimate of drug-likeness (QED) is 0.533. The van der Waals surface area contributed by atoms with Crippen LogP contribution in [0.2, 0.25) is 0 Å². The normalized spacial score (nSPS) is 14.6. The third-order valence-corrected chi connectivity index (χ3v) is 5.10. The molecule has 5 rings (SSSR count). The molecular weight excluding hydrogens is 355 g/mol. The van der Waals surface area contributed by atoms with E-state index in [0.29, 0.717) is 17.3 Å². The van der Waals surface area contributed by atoms with Crippen molar-refractivity contribution in [3.63, 3.8) is 0 Å². The average molecular weight is 374 g/mol. The molecule has 5 nitrogen and oxygen atoms in total. The number of nitrogens with zero attached hydrogens (tertiary/aromatic N) is 4. The predicted octanol–water partition coefficient (Wildman–Crippen LogP) is 4.36. The Bertz CT molecular complexity index is 1100. The molecule has 1 aliphatic rings. The maximum atomic E-state index is 14.1. The first-order valence-electron chi connectivity index (χ1n) is 9.35. The zero-order valence-electron chi connectivity index (χ0n) is 15.3. The molecule has 4 aromatic rings. The summed E-state index contributed by atoms with van der Waals surface area (Å²) in [7, 11) is 0. The number of benzene rings is 2. The molecule has 2 aromatic carbocycles. The molecule has 3 heterocycles. The van der Waals surface area contributed by atoms with Crippen molar-refractivity contribution in [2.24, 2.45) is 0 Å². The summed E-state index contributed by atoms with van der Waals surface area (Å²) in [5, 5.41) is 1.01. The van der Waals surface area contributed by atoms with E-state index >= 15 is 0 Å². The average Bonchev–Trinajstić information content (AvgIpc) is 3.29. The van der Waals surface area contributed by atoms with E-state index in [1.807, 2.05) is 48.5 Å². The Morgan fingerprint density at radius 1 is 0.786 bits per heavy atom. The minimum absolute atomic E-state index is 0.177. The van der Waals surface area contributed by atoms with Gasteiger partial charge >= 0.3 is 0 Å². The van der Waals surface area contributed by atoms with Crippen molar-refractivity contribution >= 4 is 22.4 Å². The van der Waals surface area contributed by atoms with E-state index in [1.54, 1.807) is 12.3 Å². The number of aromatic nitrogens is 2. The molecule has 1 saturated heterocycles. The van der Waals surface area contributed by atoms with Crippen molar-refractivity contribution in [2.75, 3.05) is 36.0 Å². The lowest BCUT2D eigenvalue weighted by molar-refractivity contribution is 0.576. The van der Waals surface area contributed by atoms with Crippen LogP contribution in [0.15, 0.2) is 71.3 Å². The van der Waals surface area contributed by atoms with Crippen LogP contribution in [0.3, 0.4) is 0 Å². The maximum Gasteiger partial charge on any atom is 0.198 e. The molecule has 0 unspecified atom stereocenters. The summed E-state index contributed by atoms with van der Waals surface area (Å²) in [6.45, 7) is 2.98. The van der Waals surface area contributed by atoms with Crippen molar-refractivity contribution in [3.05, 3.63) is 72.7 Å². The fraction of sp³-hybridized carbons (Fsp3) is 0.182. The van der Waals surface area contributed by atoms with Gasteiger partial charge in [-0.2, -0.15) is 0 Å². The SMILES string of the molecule is Fc1ccccc1N1CCN(c2nc(-c3ccco3)nc3ccccc23)CC1. The number of para-hydroxylation sites is 2. The Morgan fingerprint density at radius 3 is 2.32 bits per heavy atom. The molecule has 6 heteroatoms. The van der Waals surface area contributed by atoms with E-state index in [9.17, 15) is 4.39 Å². The number of piperazine rings is 1. The summed E-state index contributed by atoms with van der Waals surface area (Å²) in [6.07, 6.45) is 1.63. The van der Waals surface area contributed by atoms with E-state index in [2.05, 4.69) is 14.8 Å². The van der Waals surface area contributed by atoms with Crippen molar-refractivity contribution in [1.82, 2.24) is 9.97 Å². The Labute approximate surface area is 162 Å². The van der Waals surface area contributed by atoms with Gasteiger partial charge in [0, 0.05) is 31.6 Å². The van der Waals surface area contributed by atoms with E-state index in [-0.39, 0.29) is 5.82 Å². The van der Waals surface area contributed by atoms with Crippen LogP contribution >= 0.6 is 0 Å². The minimum atomic E-state index is -0.177. The molecule has 28 heavy (non-hydrogen) atoms. The fourth-order valence-electron chi connectivity index (χ4n) is 3.68. The number of hydrogen-bond donors (Lipinski definition) is 0. The molecule has 0 atom stereocenters. The van der Waals surface area contributed by atoms with Gasteiger partial charge in [0.05, 0.1) is 17.5 Å². The highest BCUT2D eigenvalue weighted by atomic mass is 19.1. The second-order valence-corrected chi connectivity index (χ2v) is 6.79. The molecule has 1 fully saturated rings. The van der Waals surface area contributed by atoms with Gasteiger partial charge < -0.3 is 14.2 Å². The lowest BCUT2D eigenvalue weighted by atomic mass is 10.2. The summed E-state index contributed by atoms with van der Waals surface area (Å²) < 4.78 is 19.6. The van der Waals surface area contributed by atoms with Crippen LogP contribution in [-0.4, -0.2) is 36.1 Å². The molecule has 0 aliphatic carbocycles. The number of fused-ring (bicyclic) bond motifs is 1. The first-order chi connectivity index (χ1) is 13.8. The van der Waals surface area contributed by atoms with Crippen molar-refractivity contribution < 1.29 is 8.81 Å². The first-order valence-corrected chi connectivity index (χ1v) is 9.35. The van der Waals surface area contributed by atoms with E-state index in [4.69, 9.17) is 9.40 Å². The van der Waals surface area contributed by atoms with Crippen LogP contribution in [0.4, 0.5) is 15.9 Å². The van der Waals surface area contributed by atoms with Gasteiger partial charge in [-0.1, -0.05) is 24.3 Å². The van der Waals surface area contributed by atoms with Crippen LogP contribution in [0.25, 0.3) is 22.5 Å². The Hall–Kier alpha value is -3.41. The van der Waals surface area contributed by atoms with Crippen molar-refractivity contribution in [3.8, 4) is 11.6 Å². The van der Waals surface area contributed by atoms with Crippen LogP contribution in [0.5, 0.6) is 0 Å². The predicted molar refractivity (Wildman–Crippen MR) is 108 cm³/mol. The first kappa shape index (κ1) is 16.7. The molecule has 2 aromatic heterocycles.